The van der Waals surface area contributed by atoms with Crippen molar-refractivity contribution < 1.29 is 13.6 Å². The van der Waals surface area contributed by atoms with Crippen LogP contribution >= 0.6 is 0 Å². The topological polar surface area (TPSA) is 73.0 Å². The average molecular weight is 415 g/mol. The molecule has 2 aromatic carbocycles. The third-order valence-electron chi connectivity index (χ3n) is 5.07. The maximum Gasteiger partial charge on any atom is 0.333 e. The SMILES string of the molecule is CC(=O)c1cccc(-c2ccc3nnc(C(F)(F)c4ccc5ncccc5c4)n3n2)c1. The van der Waals surface area contributed by atoms with Crippen molar-refractivity contribution >= 4 is 22.3 Å². The summed E-state index contributed by atoms with van der Waals surface area (Å²) in [7, 11) is 0. The van der Waals surface area contributed by atoms with Gasteiger partial charge in [0.1, 0.15) is 0 Å². The van der Waals surface area contributed by atoms with Crippen LogP contribution in [0.2, 0.25) is 0 Å². The Hall–Kier alpha value is -4.07. The van der Waals surface area contributed by atoms with Crippen LogP contribution in [0.3, 0.4) is 0 Å². The summed E-state index contributed by atoms with van der Waals surface area (Å²) in [5, 5.41) is 12.5. The number of ketones is 1. The molecule has 0 atom stereocenters. The molecule has 0 aliphatic rings. The molecular formula is C23H15F2N5O. The largest absolute Gasteiger partial charge is 0.333 e. The van der Waals surface area contributed by atoms with Gasteiger partial charge in [-0.15, -0.1) is 10.2 Å². The van der Waals surface area contributed by atoms with E-state index >= 15 is 8.78 Å². The van der Waals surface area contributed by atoms with E-state index in [2.05, 4.69) is 20.3 Å². The number of carbonyl (C=O) groups excluding carboxylic acids is 1. The van der Waals surface area contributed by atoms with Gasteiger partial charge in [-0.3, -0.25) is 9.78 Å². The first-order valence-electron chi connectivity index (χ1n) is 9.51. The number of pyridine rings is 1. The number of fused-ring (bicyclic) bond motifs is 2. The van der Waals surface area contributed by atoms with Gasteiger partial charge in [0, 0.05) is 28.3 Å². The first-order chi connectivity index (χ1) is 14.9. The van der Waals surface area contributed by atoms with Crippen LogP contribution in [-0.4, -0.2) is 30.6 Å². The standard InChI is InChI=1S/C23H15F2N5O/c1-14(31)15-4-2-5-16(12-15)20-9-10-21-27-28-22(30(21)29-20)23(24,25)18-7-8-19-17(13-18)6-3-11-26-19/h2-13H,1H3. The minimum Gasteiger partial charge on any atom is -0.295 e. The summed E-state index contributed by atoms with van der Waals surface area (Å²) in [6.45, 7) is 1.47. The van der Waals surface area contributed by atoms with E-state index in [1.165, 1.54) is 19.1 Å². The molecule has 6 nitrogen and oxygen atoms in total. The lowest BCUT2D eigenvalue weighted by Gasteiger charge is -2.15. The first kappa shape index (κ1) is 18.9. The Morgan fingerprint density at radius 3 is 2.68 bits per heavy atom. The van der Waals surface area contributed by atoms with E-state index in [1.54, 1.807) is 60.8 Å². The molecule has 0 bridgehead atoms. The quantitative estimate of drug-likeness (QED) is 0.399. The second-order valence-corrected chi connectivity index (χ2v) is 7.13. The van der Waals surface area contributed by atoms with E-state index in [1.807, 2.05) is 0 Å². The summed E-state index contributed by atoms with van der Waals surface area (Å²) in [5.74, 6) is -4.11. The van der Waals surface area contributed by atoms with E-state index in [4.69, 9.17) is 0 Å². The van der Waals surface area contributed by atoms with Crippen LogP contribution in [0, 0.1) is 0 Å². The summed E-state index contributed by atoms with van der Waals surface area (Å²) in [4.78, 5) is 15.9. The highest BCUT2D eigenvalue weighted by molar-refractivity contribution is 5.95. The number of rotatable bonds is 4. The summed E-state index contributed by atoms with van der Waals surface area (Å²) in [6, 6.07) is 17.8. The van der Waals surface area contributed by atoms with Crippen molar-refractivity contribution in [3.05, 3.63) is 89.9 Å². The smallest absolute Gasteiger partial charge is 0.295 e. The third-order valence-corrected chi connectivity index (χ3v) is 5.07. The monoisotopic (exact) mass is 415 g/mol. The molecule has 0 aliphatic heterocycles. The van der Waals surface area contributed by atoms with Crippen LogP contribution in [0.15, 0.2) is 72.9 Å². The molecule has 152 valence electrons. The number of hydrogen-bond donors (Lipinski definition) is 0. The average Bonchev–Trinajstić information content (AvgIpc) is 3.23. The Labute approximate surface area is 175 Å². The van der Waals surface area contributed by atoms with Crippen molar-refractivity contribution in [2.45, 2.75) is 12.8 Å². The molecule has 3 heterocycles. The van der Waals surface area contributed by atoms with Gasteiger partial charge in [0.25, 0.3) is 0 Å². The van der Waals surface area contributed by atoms with Crippen LogP contribution in [0.5, 0.6) is 0 Å². The molecule has 0 aliphatic carbocycles. The van der Waals surface area contributed by atoms with Gasteiger partial charge in [0.15, 0.2) is 11.4 Å². The summed E-state index contributed by atoms with van der Waals surface area (Å²) in [6.07, 6.45) is 1.61. The van der Waals surface area contributed by atoms with Crippen LogP contribution < -0.4 is 0 Å². The molecule has 0 saturated carbocycles. The van der Waals surface area contributed by atoms with Crippen molar-refractivity contribution in [2.24, 2.45) is 0 Å². The van der Waals surface area contributed by atoms with Crippen molar-refractivity contribution in [2.75, 3.05) is 0 Å². The molecule has 8 heteroatoms. The number of halogens is 2. The fourth-order valence-corrected chi connectivity index (χ4v) is 3.44. The van der Waals surface area contributed by atoms with E-state index < -0.39 is 11.7 Å². The normalized spacial score (nSPS) is 11.8. The molecule has 0 saturated heterocycles. The molecule has 31 heavy (non-hydrogen) atoms. The highest BCUT2D eigenvalue weighted by Gasteiger charge is 2.40. The predicted octanol–water partition coefficient (Wildman–Crippen LogP) is 4.68. The Balaban J connectivity index is 1.63. The molecule has 3 aromatic heterocycles. The van der Waals surface area contributed by atoms with Gasteiger partial charge in [-0.25, -0.2) is 0 Å². The molecule has 5 rings (SSSR count). The number of aromatic nitrogens is 5. The van der Waals surface area contributed by atoms with Gasteiger partial charge in [-0.2, -0.15) is 18.4 Å². The van der Waals surface area contributed by atoms with Crippen molar-refractivity contribution in [1.82, 2.24) is 24.8 Å². The molecule has 5 aromatic rings. The van der Waals surface area contributed by atoms with Gasteiger partial charge in [-0.1, -0.05) is 30.3 Å². The molecule has 0 amide bonds. The Kier molecular flexibility index (Phi) is 4.28. The van der Waals surface area contributed by atoms with E-state index in [9.17, 15) is 4.79 Å². The zero-order valence-electron chi connectivity index (χ0n) is 16.3. The minimum atomic E-state index is -3.43. The molecular weight excluding hydrogens is 400 g/mol. The first-order valence-corrected chi connectivity index (χ1v) is 9.51. The number of nitrogens with zero attached hydrogens (tertiary/aromatic N) is 5. The Morgan fingerprint density at radius 2 is 1.84 bits per heavy atom. The Bertz CT molecular complexity index is 1460. The van der Waals surface area contributed by atoms with Gasteiger partial charge >= 0.3 is 5.92 Å². The van der Waals surface area contributed by atoms with E-state index in [-0.39, 0.29) is 17.0 Å². The van der Waals surface area contributed by atoms with Crippen molar-refractivity contribution in [1.29, 1.82) is 0 Å². The minimum absolute atomic E-state index is 0.0924. The number of carbonyl (C=O) groups is 1. The number of Topliss-reactive ketones (excluding diaryl/α,β-unsaturated/α-hetero) is 1. The molecule has 0 N–H and O–H groups in total. The number of benzene rings is 2. The van der Waals surface area contributed by atoms with Crippen molar-refractivity contribution in [3.8, 4) is 11.3 Å². The van der Waals surface area contributed by atoms with Crippen LogP contribution in [0.25, 0.3) is 27.8 Å². The van der Waals surface area contributed by atoms with E-state index in [0.29, 0.717) is 27.7 Å². The highest BCUT2D eigenvalue weighted by atomic mass is 19.3. The summed E-state index contributed by atoms with van der Waals surface area (Å²) >= 11 is 0. The van der Waals surface area contributed by atoms with E-state index in [0.717, 1.165) is 4.52 Å². The van der Waals surface area contributed by atoms with Gasteiger partial charge in [0.05, 0.1) is 11.2 Å². The predicted molar refractivity (Wildman–Crippen MR) is 111 cm³/mol. The van der Waals surface area contributed by atoms with Crippen LogP contribution in [0.1, 0.15) is 28.7 Å². The lowest BCUT2D eigenvalue weighted by atomic mass is 10.0. The maximum absolute atomic E-state index is 15.5. The lowest BCUT2D eigenvalue weighted by Crippen LogP contribution is -2.20. The summed E-state index contributed by atoms with van der Waals surface area (Å²) in [5.41, 5.74) is 2.17. The molecule has 0 spiro atoms. The highest BCUT2D eigenvalue weighted by Crippen LogP contribution is 2.36. The van der Waals surface area contributed by atoms with Crippen molar-refractivity contribution in [3.63, 3.8) is 0 Å². The maximum atomic E-state index is 15.5. The van der Waals surface area contributed by atoms with Gasteiger partial charge in [-0.05, 0) is 43.3 Å². The lowest BCUT2D eigenvalue weighted by molar-refractivity contribution is 0.0307. The Morgan fingerprint density at radius 1 is 0.968 bits per heavy atom. The second kappa shape index (κ2) is 7.02. The molecule has 0 unspecified atom stereocenters. The zero-order valence-corrected chi connectivity index (χ0v) is 16.3. The molecule has 0 fully saturated rings. The zero-order chi connectivity index (χ0) is 21.6. The van der Waals surface area contributed by atoms with Gasteiger partial charge in [0.2, 0.25) is 5.82 Å². The number of hydrogen-bond acceptors (Lipinski definition) is 5. The van der Waals surface area contributed by atoms with Crippen LogP contribution in [-0.2, 0) is 5.92 Å². The fraction of sp³-hybridized carbons (Fsp3) is 0.0870. The number of alkyl halides is 2. The molecule has 0 radical (unpaired) electrons. The second-order valence-electron chi connectivity index (χ2n) is 7.13. The van der Waals surface area contributed by atoms with Crippen LogP contribution in [0.4, 0.5) is 8.78 Å². The van der Waals surface area contributed by atoms with Gasteiger partial charge < -0.3 is 0 Å². The summed E-state index contributed by atoms with van der Waals surface area (Å²) < 4.78 is 32.0. The fourth-order valence-electron chi connectivity index (χ4n) is 3.44. The third kappa shape index (κ3) is 3.22.